The van der Waals surface area contributed by atoms with Crippen molar-refractivity contribution in [3.8, 4) is 0 Å². The van der Waals surface area contributed by atoms with E-state index in [0.717, 1.165) is 56.8 Å². The van der Waals surface area contributed by atoms with Gasteiger partial charge in [-0.1, -0.05) is 24.3 Å². The van der Waals surface area contributed by atoms with Gasteiger partial charge in [0.15, 0.2) is 0 Å². The standard InChI is InChI=1S/C26H35N3O3/c1-19-15-28(12-13-32-19)23-6-7-25-21(14-23)9-11-29(26(25)31)18-24(30)17-27-10-8-20-4-2-3-5-22(20)16-27/h2-7,14,19-20,22,24,30H,8-13,15-18H2,1H3/t19-,20?,22?,24-/m1/s1. The highest BCUT2D eigenvalue weighted by Gasteiger charge is 2.30. The van der Waals surface area contributed by atoms with Crippen LogP contribution in [0.1, 0.15) is 29.3 Å². The number of rotatable bonds is 5. The van der Waals surface area contributed by atoms with E-state index >= 15 is 0 Å². The number of anilines is 1. The van der Waals surface area contributed by atoms with Gasteiger partial charge in [0.2, 0.25) is 0 Å². The summed E-state index contributed by atoms with van der Waals surface area (Å²) < 4.78 is 5.65. The van der Waals surface area contributed by atoms with E-state index in [0.29, 0.717) is 31.5 Å². The van der Waals surface area contributed by atoms with Gasteiger partial charge in [0.25, 0.3) is 5.91 Å². The molecule has 6 nitrogen and oxygen atoms in total. The third kappa shape index (κ3) is 4.63. The first-order valence-electron chi connectivity index (χ1n) is 12.1. The lowest BCUT2D eigenvalue weighted by molar-refractivity contribution is 0.0431. The average Bonchev–Trinajstić information content (AvgIpc) is 2.80. The fraction of sp³-hybridized carbons (Fsp3) is 0.577. The Balaban J connectivity index is 1.17. The summed E-state index contributed by atoms with van der Waals surface area (Å²) in [5.41, 5.74) is 3.08. The second kappa shape index (κ2) is 9.38. The minimum absolute atomic E-state index is 0.0475. The highest BCUT2D eigenvalue weighted by atomic mass is 16.5. The largest absolute Gasteiger partial charge is 0.390 e. The summed E-state index contributed by atoms with van der Waals surface area (Å²) in [6.45, 7) is 8.32. The van der Waals surface area contributed by atoms with Crippen LogP contribution in [0.5, 0.6) is 0 Å². The van der Waals surface area contributed by atoms with E-state index in [2.05, 4.69) is 53.2 Å². The number of hydrogen-bond donors (Lipinski definition) is 1. The fourth-order valence-electron chi connectivity index (χ4n) is 5.65. The van der Waals surface area contributed by atoms with E-state index < -0.39 is 6.10 Å². The Hall–Kier alpha value is -2.15. The van der Waals surface area contributed by atoms with Crippen LogP contribution in [-0.4, -0.2) is 85.4 Å². The maximum Gasteiger partial charge on any atom is 0.254 e. The van der Waals surface area contributed by atoms with Crippen molar-refractivity contribution in [3.63, 3.8) is 0 Å². The first kappa shape index (κ1) is 21.7. The predicted octanol–water partition coefficient (Wildman–Crippen LogP) is 2.33. The molecule has 5 rings (SSSR count). The first-order chi connectivity index (χ1) is 15.6. The van der Waals surface area contributed by atoms with Gasteiger partial charge >= 0.3 is 0 Å². The summed E-state index contributed by atoms with van der Waals surface area (Å²) in [5, 5.41) is 10.8. The number of fused-ring (bicyclic) bond motifs is 2. The number of carbonyl (C=O) groups is 1. The van der Waals surface area contributed by atoms with Crippen molar-refractivity contribution in [3.05, 3.63) is 53.6 Å². The van der Waals surface area contributed by atoms with Crippen LogP contribution in [0.15, 0.2) is 42.5 Å². The molecule has 0 saturated carbocycles. The highest BCUT2D eigenvalue weighted by Crippen LogP contribution is 2.29. The van der Waals surface area contributed by atoms with Crippen molar-refractivity contribution < 1.29 is 14.6 Å². The van der Waals surface area contributed by atoms with Crippen LogP contribution >= 0.6 is 0 Å². The average molecular weight is 438 g/mol. The number of aliphatic hydroxyl groups is 1. The number of carbonyl (C=O) groups excluding carboxylic acids is 1. The molecule has 2 unspecified atom stereocenters. The quantitative estimate of drug-likeness (QED) is 0.766. The molecule has 3 aliphatic heterocycles. The predicted molar refractivity (Wildman–Crippen MR) is 126 cm³/mol. The molecule has 2 saturated heterocycles. The molecule has 4 aliphatic rings. The fourth-order valence-corrected chi connectivity index (χ4v) is 5.65. The SMILES string of the molecule is C[C@@H]1CN(c2ccc3c(c2)CCN(C[C@H](O)CN2CCC4C=CC=CC4C2)C3=O)CCO1. The number of aliphatic hydroxyl groups excluding tert-OH is 1. The maximum atomic E-state index is 13.1. The minimum Gasteiger partial charge on any atom is -0.390 e. The molecule has 172 valence electrons. The molecule has 1 aliphatic carbocycles. The number of piperidine rings is 1. The number of β-amino-alcohol motifs (C(OH)–C–C–N with tert-alkyl or cyclic N) is 1. The number of morpholine rings is 1. The summed E-state index contributed by atoms with van der Waals surface area (Å²) in [7, 11) is 0. The van der Waals surface area contributed by atoms with Gasteiger partial charge in [0, 0.05) is 50.5 Å². The lowest BCUT2D eigenvalue weighted by atomic mass is 9.82. The molecule has 1 aromatic rings. The van der Waals surface area contributed by atoms with Crippen LogP contribution in [0.3, 0.4) is 0 Å². The second-order valence-electron chi connectivity index (χ2n) is 9.77. The van der Waals surface area contributed by atoms with E-state index in [4.69, 9.17) is 4.74 Å². The number of likely N-dealkylation sites (tertiary alicyclic amines) is 1. The molecule has 1 amide bonds. The normalized spacial score (nSPS) is 29.1. The molecule has 0 spiro atoms. The third-order valence-corrected chi connectivity index (χ3v) is 7.39. The number of amides is 1. The molecule has 3 heterocycles. The minimum atomic E-state index is -0.519. The number of ether oxygens (including phenoxy) is 1. The summed E-state index contributed by atoms with van der Waals surface area (Å²) in [6.07, 6.45) is 10.6. The highest BCUT2D eigenvalue weighted by molar-refractivity contribution is 5.97. The van der Waals surface area contributed by atoms with E-state index in [9.17, 15) is 9.90 Å². The number of nitrogens with zero attached hydrogens (tertiary/aromatic N) is 3. The van der Waals surface area contributed by atoms with Crippen molar-refractivity contribution in [1.29, 1.82) is 0 Å². The number of hydrogen-bond acceptors (Lipinski definition) is 5. The maximum absolute atomic E-state index is 13.1. The Morgan fingerprint density at radius 3 is 2.78 bits per heavy atom. The summed E-state index contributed by atoms with van der Waals surface area (Å²) in [4.78, 5) is 19.7. The molecule has 32 heavy (non-hydrogen) atoms. The molecule has 1 N–H and O–H groups in total. The van der Waals surface area contributed by atoms with Crippen LogP contribution < -0.4 is 4.90 Å². The Bertz CT molecular complexity index is 898. The molecule has 6 heteroatoms. The zero-order valence-corrected chi connectivity index (χ0v) is 19.0. The van der Waals surface area contributed by atoms with Crippen molar-refractivity contribution >= 4 is 11.6 Å². The Labute approximate surface area is 191 Å². The van der Waals surface area contributed by atoms with Gasteiger partial charge in [-0.15, -0.1) is 0 Å². The van der Waals surface area contributed by atoms with Crippen LogP contribution in [0.4, 0.5) is 5.69 Å². The molecule has 2 fully saturated rings. The van der Waals surface area contributed by atoms with Crippen LogP contribution in [-0.2, 0) is 11.2 Å². The van der Waals surface area contributed by atoms with Gasteiger partial charge in [-0.2, -0.15) is 0 Å². The summed E-state index contributed by atoms with van der Waals surface area (Å²) in [5.74, 6) is 1.23. The second-order valence-corrected chi connectivity index (χ2v) is 9.77. The van der Waals surface area contributed by atoms with Crippen molar-refractivity contribution in [2.24, 2.45) is 11.8 Å². The van der Waals surface area contributed by atoms with Gasteiger partial charge in [-0.25, -0.2) is 0 Å². The molecule has 4 atom stereocenters. The lowest BCUT2D eigenvalue weighted by Gasteiger charge is -2.39. The first-order valence-corrected chi connectivity index (χ1v) is 12.1. The Kier molecular flexibility index (Phi) is 6.35. The third-order valence-electron chi connectivity index (χ3n) is 7.39. The summed E-state index contributed by atoms with van der Waals surface area (Å²) >= 11 is 0. The molecular formula is C26H35N3O3. The molecular weight excluding hydrogens is 402 g/mol. The van der Waals surface area contributed by atoms with Gasteiger partial charge in [-0.3, -0.25) is 4.79 Å². The van der Waals surface area contributed by atoms with Gasteiger partial charge in [-0.05, 0) is 61.9 Å². The monoisotopic (exact) mass is 437 g/mol. The van der Waals surface area contributed by atoms with Gasteiger partial charge < -0.3 is 24.5 Å². The smallest absolute Gasteiger partial charge is 0.254 e. The Morgan fingerprint density at radius 1 is 1.09 bits per heavy atom. The van der Waals surface area contributed by atoms with Crippen LogP contribution in [0.2, 0.25) is 0 Å². The van der Waals surface area contributed by atoms with Crippen molar-refractivity contribution in [2.45, 2.75) is 32.0 Å². The summed E-state index contributed by atoms with van der Waals surface area (Å²) in [6, 6.07) is 6.21. The van der Waals surface area contributed by atoms with Crippen molar-refractivity contribution in [1.82, 2.24) is 9.80 Å². The van der Waals surface area contributed by atoms with Crippen LogP contribution in [0.25, 0.3) is 0 Å². The molecule has 0 radical (unpaired) electrons. The van der Waals surface area contributed by atoms with Crippen molar-refractivity contribution in [2.75, 3.05) is 57.3 Å². The van der Waals surface area contributed by atoms with E-state index in [-0.39, 0.29) is 12.0 Å². The zero-order chi connectivity index (χ0) is 22.1. The van der Waals surface area contributed by atoms with E-state index in [1.807, 2.05) is 11.0 Å². The Morgan fingerprint density at radius 2 is 1.94 bits per heavy atom. The topological polar surface area (TPSA) is 56.2 Å². The zero-order valence-electron chi connectivity index (χ0n) is 19.0. The number of benzene rings is 1. The van der Waals surface area contributed by atoms with Gasteiger partial charge in [0.05, 0.1) is 18.8 Å². The lowest BCUT2D eigenvalue weighted by Crippen LogP contribution is -2.48. The molecule has 0 bridgehead atoms. The molecule has 0 aromatic heterocycles. The molecule has 1 aromatic carbocycles. The van der Waals surface area contributed by atoms with E-state index in [1.54, 1.807) is 0 Å². The van der Waals surface area contributed by atoms with E-state index in [1.165, 1.54) is 5.69 Å². The van der Waals surface area contributed by atoms with Gasteiger partial charge in [0.1, 0.15) is 0 Å². The van der Waals surface area contributed by atoms with Crippen LogP contribution in [0, 0.1) is 11.8 Å². The number of allylic oxidation sites excluding steroid dienone is 3.